The Labute approximate surface area is 117 Å². The number of aryl methyl sites for hydroxylation is 1. The average molecular weight is 274 g/mol. The van der Waals surface area contributed by atoms with Crippen molar-refractivity contribution in [2.45, 2.75) is 13.5 Å². The third-order valence-corrected chi connectivity index (χ3v) is 2.90. The van der Waals surface area contributed by atoms with E-state index in [-0.39, 0.29) is 5.56 Å². The van der Waals surface area contributed by atoms with E-state index in [1.165, 1.54) is 13.2 Å². The van der Waals surface area contributed by atoms with Crippen LogP contribution in [-0.2, 0) is 11.3 Å². The highest BCUT2D eigenvalue weighted by Crippen LogP contribution is 2.24. The molecule has 0 aliphatic carbocycles. The van der Waals surface area contributed by atoms with Crippen molar-refractivity contribution in [2.75, 3.05) is 7.11 Å². The molecule has 0 saturated carbocycles. The van der Waals surface area contributed by atoms with Crippen LogP contribution in [0.5, 0.6) is 5.75 Å². The van der Waals surface area contributed by atoms with Gasteiger partial charge in [-0.05, 0) is 30.2 Å². The van der Waals surface area contributed by atoms with E-state index in [0.29, 0.717) is 17.9 Å². The molecule has 0 radical (unpaired) electrons. The molecule has 3 nitrogen and oxygen atoms in total. The van der Waals surface area contributed by atoms with Crippen molar-refractivity contribution < 1.29 is 18.7 Å². The lowest BCUT2D eigenvalue weighted by Crippen LogP contribution is -2.07. The molecule has 4 heteroatoms. The van der Waals surface area contributed by atoms with Crippen molar-refractivity contribution in [3.63, 3.8) is 0 Å². The smallest absolute Gasteiger partial charge is 0.341 e. The molecule has 2 rings (SSSR count). The first-order valence-corrected chi connectivity index (χ1v) is 6.17. The third kappa shape index (κ3) is 3.15. The minimum atomic E-state index is -0.619. The summed E-state index contributed by atoms with van der Waals surface area (Å²) in [5.74, 6) is -0.760. The summed E-state index contributed by atoms with van der Waals surface area (Å²) >= 11 is 0. The first kappa shape index (κ1) is 14.1. The van der Waals surface area contributed by atoms with Crippen LogP contribution in [0.25, 0.3) is 0 Å². The Bertz CT molecular complexity index is 609. The molecule has 0 aliphatic heterocycles. The maximum absolute atomic E-state index is 13.6. The molecule has 2 aromatic rings. The number of halogens is 1. The highest BCUT2D eigenvalue weighted by molar-refractivity contribution is 5.92. The van der Waals surface area contributed by atoms with E-state index in [1.807, 2.05) is 30.3 Å². The standard InChI is InChI=1S/C16H15FO3/c1-11-8-15(13(9-14(11)17)16(18)19-2)20-10-12-6-4-3-5-7-12/h3-9H,10H2,1-2H3. The largest absolute Gasteiger partial charge is 0.488 e. The van der Waals surface area contributed by atoms with Crippen LogP contribution in [-0.4, -0.2) is 13.1 Å². The highest BCUT2D eigenvalue weighted by Gasteiger charge is 2.16. The van der Waals surface area contributed by atoms with Gasteiger partial charge in [0.1, 0.15) is 23.7 Å². The van der Waals surface area contributed by atoms with Crippen molar-refractivity contribution in [1.82, 2.24) is 0 Å². The molecule has 0 spiro atoms. The number of hydrogen-bond acceptors (Lipinski definition) is 3. The van der Waals surface area contributed by atoms with Crippen molar-refractivity contribution in [3.05, 3.63) is 65.0 Å². The quantitative estimate of drug-likeness (QED) is 0.800. The normalized spacial score (nSPS) is 10.2. The van der Waals surface area contributed by atoms with Crippen LogP contribution in [0.15, 0.2) is 42.5 Å². The molecular weight excluding hydrogens is 259 g/mol. The van der Waals surface area contributed by atoms with Gasteiger partial charge in [-0.1, -0.05) is 30.3 Å². The van der Waals surface area contributed by atoms with Gasteiger partial charge in [0, 0.05) is 0 Å². The second-order valence-electron chi connectivity index (χ2n) is 4.36. The van der Waals surface area contributed by atoms with Gasteiger partial charge < -0.3 is 9.47 Å². The lowest BCUT2D eigenvalue weighted by molar-refractivity contribution is 0.0595. The molecule has 104 valence electrons. The molecule has 0 unspecified atom stereocenters. The van der Waals surface area contributed by atoms with Crippen LogP contribution in [0.3, 0.4) is 0 Å². The fraction of sp³-hybridized carbons (Fsp3) is 0.188. The molecule has 0 saturated heterocycles. The number of methoxy groups -OCH3 is 1. The molecule has 0 heterocycles. The minimum Gasteiger partial charge on any atom is -0.488 e. The van der Waals surface area contributed by atoms with Crippen LogP contribution in [0.2, 0.25) is 0 Å². The van der Waals surface area contributed by atoms with Crippen LogP contribution < -0.4 is 4.74 Å². The monoisotopic (exact) mass is 274 g/mol. The summed E-state index contributed by atoms with van der Waals surface area (Å²) in [5.41, 5.74) is 1.47. The van der Waals surface area contributed by atoms with Crippen LogP contribution in [0.4, 0.5) is 4.39 Å². The van der Waals surface area contributed by atoms with E-state index in [1.54, 1.807) is 6.92 Å². The van der Waals surface area contributed by atoms with Crippen molar-refractivity contribution in [2.24, 2.45) is 0 Å². The zero-order chi connectivity index (χ0) is 14.5. The molecule has 0 aliphatic rings. The molecule has 2 aromatic carbocycles. The topological polar surface area (TPSA) is 35.5 Å². The maximum Gasteiger partial charge on any atom is 0.341 e. The van der Waals surface area contributed by atoms with Gasteiger partial charge in [0.25, 0.3) is 0 Å². The lowest BCUT2D eigenvalue weighted by atomic mass is 10.1. The summed E-state index contributed by atoms with van der Waals surface area (Å²) in [6, 6.07) is 12.2. The van der Waals surface area contributed by atoms with Crippen molar-refractivity contribution in [3.8, 4) is 5.75 Å². The van der Waals surface area contributed by atoms with Gasteiger partial charge in [-0.2, -0.15) is 0 Å². The number of carbonyl (C=O) groups is 1. The molecule has 0 aromatic heterocycles. The van der Waals surface area contributed by atoms with E-state index >= 15 is 0 Å². The van der Waals surface area contributed by atoms with Crippen molar-refractivity contribution >= 4 is 5.97 Å². The maximum atomic E-state index is 13.6. The number of ether oxygens (including phenoxy) is 2. The zero-order valence-corrected chi connectivity index (χ0v) is 11.4. The Morgan fingerprint density at radius 1 is 1.20 bits per heavy atom. The Kier molecular flexibility index (Phi) is 4.35. The Hall–Kier alpha value is -2.36. The van der Waals surface area contributed by atoms with Gasteiger partial charge in [0.15, 0.2) is 0 Å². The van der Waals surface area contributed by atoms with Gasteiger partial charge in [-0.25, -0.2) is 9.18 Å². The van der Waals surface area contributed by atoms with E-state index in [9.17, 15) is 9.18 Å². The Balaban J connectivity index is 2.26. The number of benzene rings is 2. The second kappa shape index (κ2) is 6.19. The lowest BCUT2D eigenvalue weighted by Gasteiger charge is -2.12. The van der Waals surface area contributed by atoms with Crippen molar-refractivity contribution in [1.29, 1.82) is 0 Å². The van der Waals surface area contributed by atoms with E-state index in [2.05, 4.69) is 4.74 Å². The first-order chi connectivity index (χ1) is 9.61. The summed E-state index contributed by atoms with van der Waals surface area (Å²) < 4.78 is 23.8. The van der Waals surface area contributed by atoms with Crippen LogP contribution in [0.1, 0.15) is 21.5 Å². The molecule has 0 atom stereocenters. The van der Waals surface area contributed by atoms with Gasteiger partial charge in [0.05, 0.1) is 7.11 Å². The number of esters is 1. The third-order valence-electron chi connectivity index (χ3n) is 2.90. The summed E-state index contributed by atoms with van der Waals surface area (Å²) in [4.78, 5) is 11.6. The molecule has 0 bridgehead atoms. The van der Waals surface area contributed by atoms with Gasteiger partial charge >= 0.3 is 5.97 Å². The average Bonchev–Trinajstić information content (AvgIpc) is 2.48. The van der Waals surface area contributed by atoms with Crippen LogP contribution in [0, 0.1) is 12.7 Å². The second-order valence-corrected chi connectivity index (χ2v) is 4.36. The molecular formula is C16H15FO3. The summed E-state index contributed by atoms with van der Waals surface area (Å²) in [5, 5.41) is 0. The van der Waals surface area contributed by atoms with Gasteiger partial charge in [-0.15, -0.1) is 0 Å². The molecule has 0 N–H and O–H groups in total. The minimum absolute atomic E-state index is 0.0894. The molecule has 0 amide bonds. The molecule has 0 fully saturated rings. The van der Waals surface area contributed by atoms with Gasteiger partial charge in [-0.3, -0.25) is 0 Å². The zero-order valence-electron chi connectivity index (χ0n) is 11.4. The predicted molar refractivity (Wildman–Crippen MR) is 73.3 cm³/mol. The van der Waals surface area contributed by atoms with E-state index in [4.69, 9.17) is 4.74 Å². The van der Waals surface area contributed by atoms with Gasteiger partial charge in [0.2, 0.25) is 0 Å². The van der Waals surface area contributed by atoms with E-state index in [0.717, 1.165) is 11.6 Å². The first-order valence-electron chi connectivity index (χ1n) is 6.17. The fourth-order valence-corrected chi connectivity index (χ4v) is 1.78. The van der Waals surface area contributed by atoms with Crippen LogP contribution >= 0.6 is 0 Å². The Morgan fingerprint density at radius 3 is 2.55 bits per heavy atom. The summed E-state index contributed by atoms with van der Waals surface area (Å²) in [6.07, 6.45) is 0. The highest BCUT2D eigenvalue weighted by atomic mass is 19.1. The predicted octanol–water partition coefficient (Wildman–Crippen LogP) is 3.50. The Morgan fingerprint density at radius 2 is 1.90 bits per heavy atom. The number of rotatable bonds is 4. The summed E-state index contributed by atoms with van der Waals surface area (Å²) in [7, 11) is 1.25. The SMILES string of the molecule is COC(=O)c1cc(F)c(C)cc1OCc1ccccc1. The number of hydrogen-bond donors (Lipinski definition) is 0. The van der Waals surface area contributed by atoms with E-state index < -0.39 is 11.8 Å². The fourth-order valence-electron chi connectivity index (χ4n) is 1.78. The number of carbonyl (C=O) groups excluding carboxylic acids is 1. The molecule has 20 heavy (non-hydrogen) atoms. The summed E-state index contributed by atoms with van der Waals surface area (Å²) in [6.45, 7) is 1.92.